The lowest BCUT2D eigenvalue weighted by atomic mass is 9.75. The number of anilines is 1. The molecular weight excluding hydrogens is 467 g/mol. The molecule has 2 heterocycles. The summed E-state index contributed by atoms with van der Waals surface area (Å²) in [6.45, 7) is 2.21. The second-order valence-electron chi connectivity index (χ2n) is 8.97. The zero-order valence-corrected chi connectivity index (χ0v) is 19.8. The third-order valence-corrected chi connectivity index (χ3v) is 8.80. The third kappa shape index (κ3) is 4.66. The van der Waals surface area contributed by atoms with Crippen LogP contribution in [0.15, 0.2) is 23.1 Å². The first-order chi connectivity index (χ1) is 16.2. The van der Waals surface area contributed by atoms with Crippen LogP contribution >= 0.6 is 0 Å². The molecule has 34 heavy (non-hydrogen) atoms. The second-order valence-corrected chi connectivity index (χ2v) is 10.9. The molecule has 10 nitrogen and oxygen atoms in total. The molecule has 2 aliphatic heterocycles. The molecule has 0 unspecified atom stereocenters. The smallest absolute Gasteiger partial charge is 0.325 e. The van der Waals surface area contributed by atoms with Crippen molar-refractivity contribution in [2.24, 2.45) is 5.92 Å². The lowest BCUT2D eigenvalue weighted by Crippen LogP contribution is -2.49. The van der Waals surface area contributed by atoms with Crippen LogP contribution in [-0.4, -0.2) is 73.9 Å². The standard InChI is InChI=1S/C22H29FN4O6S/c1-2-15-5-7-22(8-6-15)20(29)27(21(30)25-22)14-19(28)24-16-3-4-17(23)18(13-16)34(31,32)26-9-11-33-12-10-26/h3-4,13,15H,2,5-12,14H2,1H3,(H,24,28)(H,25,30). The normalized spacial score (nSPS) is 26.1. The minimum Gasteiger partial charge on any atom is -0.379 e. The maximum absolute atomic E-state index is 14.4. The first-order valence-corrected chi connectivity index (χ1v) is 12.9. The molecule has 1 spiro atoms. The summed E-state index contributed by atoms with van der Waals surface area (Å²) in [6, 6.07) is 2.60. The summed E-state index contributed by atoms with van der Waals surface area (Å²) in [4.78, 5) is 38.4. The zero-order chi connectivity index (χ0) is 24.5. The van der Waals surface area contributed by atoms with Crippen LogP contribution in [0.3, 0.4) is 0 Å². The number of urea groups is 1. The van der Waals surface area contributed by atoms with Gasteiger partial charge in [-0.1, -0.05) is 13.3 Å². The van der Waals surface area contributed by atoms with E-state index in [1.807, 2.05) is 0 Å². The molecule has 3 aliphatic rings. The van der Waals surface area contributed by atoms with Crippen molar-refractivity contribution in [3.63, 3.8) is 0 Å². The molecule has 0 radical (unpaired) electrons. The number of sulfonamides is 1. The summed E-state index contributed by atoms with van der Waals surface area (Å²) in [5, 5.41) is 5.24. The quantitative estimate of drug-likeness (QED) is 0.578. The van der Waals surface area contributed by atoms with Gasteiger partial charge in [0.1, 0.15) is 22.8 Å². The van der Waals surface area contributed by atoms with Crippen LogP contribution in [0.1, 0.15) is 39.0 Å². The topological polar surface area (TPSA) is 125 Å². The number of nitrogens with zero attached hydrogens (tertiary/aromatic N) is 2. The maximum Gasteiger partial charge on any atom is 0.325 e. The van der Waals surface area contributed by atoms with E-state index >= 15 is 0 Å². The lowest BCUT2D eigenvalue weighted by Gasteiger charge is -2.34. The highest BCUT2D eigenvalue weighted by atomic mass is 32.2. The molecule has 0 bridgehead atoms. The Labute approximate surface area is 197 Å². The number of benzene rings is 1. The Morgan fingerprint density at radius 2 is 1.91 bits per heavy atom. The van der Waals surface area contributed by atoms with Crippen molar-refractivity contribution in [3.05, 3.63) is 24.0 Å². The molecule has 12 heteroatoms. The van der Waals surface area contributed by atoms with Crippen LogP contribution in [0.2, 0.25) is 0 Å². The third-order valence-electron chi connectivity index (χ3n) is 6.89. The van der Waals surface area contributed by atoms with Gasteiger partial charge in [-0.3, -0.25) is 14.5 Å². The van der Waals surface area contributed by atoms with Gasteiger partial charge in [-0.05, 0) is 49.8 Å². The predicted octanol–water partition coefficient (Wildman–Crippen LogP) is 1.68. The molecule has 3 fully saturated rings. The van der Waals surface area contributed by atoms with E-state index in [9.17, 15) is 27.2 Å². The van der Waals surface area contributed by atoms with Gasteiger partial charge in [0.2, 0.25) is 15.9 Å². The molecule has 0 aromatic heterocycles. The summed E-state index contributed by atoms with van der Waals surface area (Å²) in [7, 11) is -4.12. The number of morpholine rings is 1. The van der Waals surface area contributed by atoms with Gasteiger partial charge in [0, 0.05) is 18.8 Å². The monoisotopic (exact) mass is 496 g/mol. The number of ether oxygens (including phenoxy) is 1. The number of halogens is 1. The Morgan fingerprint density at radius 1 is 1.24 bits per heavy atom. The Balaban J connectivity index is 1.44. The summed E-state index contributed by atoms with van der Waals surface area (Å²) in [5.41, 5.74) is -0.915. The van der Waals surface area contributed by atoms with Crippen molar-refractivity contribution in [3.8, 4) is 0 Å². The van der Waals surface area contributed by atoms with E-state index in [0.717, 1.165) is 40.6 Å². The highest BCUT2D eigenvalue weighted by molar-refractivity contribution is 7.89. The molecule has 2 N–H and O–H groups in total. The van der Waals surface area contributed by atoms with Gasteiger partial charge >= 0.3 is 6.03 Å². The van der Waals surface area contributed by atoms with Gasteiger partial charge in [-0.2, -0.15) is 4.31 Å². The molecule has 1 aliphatic carbocycles. The van der Waals surface area contributed by atoms with E-state index in [1.165, 1.54) is 6.07 Å². The summed E-state index contributed by atoms with van der Waals surface area (Å²) < 4.78 is 46.3. The molecule has 4 amide bonds. The van der Waals surface area contributed by atoms with E-state index < -0.39 is 50.7 Å². The fourth-order valence-corrected chi connectivity index (χ4v) is 6.28. The summed E-state index contributed by atoms with van der Waals surface area (Å²) in [6.07, 6.45) is 3.76. The average molecular weight is 497 g/mol. The van der Waals surface area contributed by atoms with Crippen LogP contribution in [0.4, 0.5) is 14.9 Å². The number of amides is 4. The number of nitrogens with one attached hydrogen (secondary N) is 2. The van der Waals surface area contributed by atoms with Gasteiger partial charge in [-0.25, -0.2) is 17.6 Å². The van der Waals surface area contributed by atoms with E-state index in [1.54, 1.807) is 0 Å². The van der Waals surface area contributed by atoms with Crippen LogP contribution in [0.25, 0.3) is 0 Å². The average Bonchev–Trinajstić information content (AvgIpc) is 3.05. The second kappa shape index (κ2) is 9.59. The van der Waals surface area contributed by atoms with Crippen molar-refractivity contribution < 1.29 is 31.9 Å². The molecule has 1 saturated carbocycles. The minimum atomic E-state index is -4.12. The number of carbonyl (C=O) groups is 3. The Kier molecular flexibility index (Phi) is 6.92. The molecule has 1 aromatic carbocycles. The van der Waals surface area contributed by atoms with Crippen LogP contribution in [0.5, 0.6) is 0 Å². The largest absolute Gasteiger partial charge is 0.379 e. The fraction of sp³-hybridized carbons (Fsp3) is 0.591. The summed E-state index contributed by atoms with van der Waals surface area (Å²) >= 11 is 0. The van der Waals surface area contributed by atoms with Crippen molar-refractivity contribution in [2.75, 3.05) is 38.2 Å². The number of hydrogen-bond acceptors (Lipinski definition) is 6. The molecule has 0 atom stereocenters. The highest BCUT2D eigenvalue weighted by Gasteiger charge is 2.52. The van der Waals surface area contributed by atoms with Gasteiger partial charge in [0.05, 0.1) is 13.2 Å². The molecule has 4 rings (SSSR count). The fourth-order valence-electron chi connectivity index (χ4n) is 4.79. The number of imide groups is 1. The first kappa shape index (κ1) is 24.6. The number of hydrogen-bond donors (Lipinski definition) is 2. The van der Waals surface area contributed by atoms with Crippen molar-refractivity contribution in [2.45, 2.75) is 49.5 Å². The maximum atomic E-state index is 14.4. The Bertz CT molecular complexity index is 1080. The molecule has 1 aromatic rings. The van der Waals surface area contributed by atoms with Gasteiger partial charge in [0.15, 0.2) is 0 Å². The van der Waals surface area contributed by atoms with Crippen molar-refractivity contribution >= 4 is 33.6 Å². The number of rotatable bonds is 6. The predicted molar refractivity (Wildman–Crippen MR) is 120 cm³/mol. The SMILES string of the molecule is CCC1CCC2(CC1)NC(=O)N(CC(=O)Nc1ccc(F)c(S(=O)(=O)N3CCOCC3)c1)C2=O. The Morgan fingerprint density at radius 3 is 2.56 bits per heavy atom. The van der Waals surface area contributed by atoms with E-state index in [4.69, 9.17) is 4.74 Å². The zero-order valence-electron chi connectivity index (χ0n) is 19.0. The van der Waals surface area contributed by atoms with E-state index in [0.29, 0.717) is 18.8 Å². The Hall–Kier alpha value is -2.57. The first-order valence-electron chi connectivity index (χ1n) is 11.5. The van der Waals surface area contributed by atoms with E-state index in [2.05, 4.69) is 17.6 Å². The molecule has 186 valence electrons. The van der Waals surface area contributed by atoms with Crippen LogP contribution in [0, 0.1) is 11.7 Å². The van der Waals surface area contributed by atoms with Gasteiger partial charge in [0.25, 0.3) is 5.91 Å². The van der Waals surface area contributed by atoms with Crippen LogP contribution < -0.4 is 10.6 Å². The molecule has 2 saturated heterocycles. The van der Waals surface area contributed by atoms with Crippen molar-refractivity contribution in [1.82, 2.24) is 14.5 Å². The van der Waals surface area contributed by atoms with E-state index in [-0.39, 0.29) is 32.0 Å². The molecular formula is C22H29FN4O6S. The summed E-state index contributed by atoms with van der Waals surface area (Å²) in [5.74, 6) is -1.53. The van der Waals surface area contributed by atoms with Crippen molar-refractivity contribution in [1.29, 1.82) is 0 Å². The van der Waals surface area contributed by atoms with Gasteiger partial charge < -0.3 is 15.4 Å². The lowest BCUT2D eigenvalue weighted by molar-refractivity contribution is -0.135. The van der Waals surface area contributed by atoms with Gasteiger partial charge in [-0.15, -0.1) is 0 Å². The van der Waals surface area contributed by atoms with Crippen LogP contribution in [-0.2, 0) is 24.3 Å². The number of carbonyl (C=O) groups excluding carboxylic acids is 3. The highest BCUT2D eigenvalue weighted by Crippen LogP contribution is 2.37. The minimum absolute atomic E-state index is 0.0449.